The van der Waals surface area contributed by atoms with Crippen molar-refractivity contribution in [3.05, 3.63) is 59.7 Å². The summed E-state index contributed by atoms with van der Waals surface area (Å²) >= 11 is 0. The summed E-state index contributed by atoms with van der Waals surface area (Å²) in [5, 5.41) is 7.00. The quantitative estimate of drug-likeness (QED) is 0.631. The van der Waals surface area contributed by atoms with E-state index < -0.39 is 0 Å². The van der Waals surface area contributed by atoms with Crippen molar-refractivity contribution >= 4 is 17.3 Å². The number of guanidine groups is 1. The van der Waals surface area contributed by atoms with Gasteiger partial charge in [0.25, 0.3) is 0 Å². The highest BCUT2D eigenvalue weighted by molar-refractivity contribution is 5.80. The van der Waals surface area contributed by atoms with Gasteiger partial charge in [-0.15, -0.1) is 0 Å². The largest absolute Gasteiger partial charge is 0.378 e. The van der Waals surface area contributed by atoms with Gasteiger partial charge >= 0.3 is 0 Å². The lowest BCUT2D eigenvalue weighted by Crippen LogP contribution is -2.44. The number of anilines is 2. The van der Waals surface area contributed by atoms with Gasteiger partial charge in [-0.25, -0.2) is 0 Å². The maximum Gasteiger partial charge on any atom is 0.191 e. The van der Waals surface area contributed by atoms with Crippen molar-refractivity contribution in [2.24, 2.45) is 4.99 Å². The number of aryl methyl sites for hydroxylation is 1. The molecule has 1 atom stereocenters. The predicted octanol–water partition coefficient (Wildman–Crippen LogP) is 3.00. The van der Waals surface area contributed by atoms with E-state index in [9.17, 15) is 0 Å². The molecule has 2 aromatic rings. The molecule has 2 N–H and O–H groups in total. The lowest BCUT2D eigenvalue weighted by atomic mass is 10.2. The second-order valence-electron chi connectivity index (χ2n) is 7.40. The molecule has 144 valence electrons. The van der Waals surface area contributed by atoms with Crippen LogP contribution in [0.5, 0.6) is 0 Å². The summed E-state index contributed by atoms with van der Waals surface area (Å²) < 4.78 is 0. The van der Waals surface area contributed by atoms with Crippen LogP contribution in [0.2, 0.25) is 0 Å². The Bertz CT molecular complexity index is 749. The SMILES string of the molecule is CN=C(NCc1ccc(N(C)C)cc1)NC1CCN(c2ccc(C)cc2)C1. The van der Waals surface area contributed by atoms with Crippen molar-refractivity contribution in [3.8, 4) is 0 Å². The van der Waals surface area contributed by atoms with E-state index in [2.05, 4.69) is 95.0 Å². The zero-order chi connectivity index (χ0) is 19.2. The molecule has 0 saturated carbocycles. The van der Waals surface area contributed by atoms with Crippen LogP contribution in [0.4, 0.5) is 11.4 Å². The molecule has 27 heavy (non-hydrogen) atoms. The number of hydrogen-bond donors (Lipinski definition) is 2. The third kappa shape index (κ3) is 5.16. The minimum atomic E-state index is 0.411. The predicted molar refractivity (Wildman–Crippen MR) is 116 cm³/mol. The molecule has 1 aliphatic rings. The van der Waals surface area contributed by atoms with Crippen molar-refractivity contribution in [2.75, 3.05) is 44.0 Å². The van der Waals surface area contributed by atoms with E-state index in [0.29, 0.717) is 6.04 Å². The molecular weight excluding hydrogens is 334 g/mol. The van der Waals surface area contributed by atoms with Gasteiger partial charge in [0.05, 0.1) is 0 Å². The molecule has 0 aromatic heterocycles. The number of nitrogens with zero attached hydrogens (tertiary/aromatic N) is 3. The van der Waals surface area contributed by atoms with Crippen molar-refractivity contribution < 1.29 is 0 Å². The number of benzene rings is 2. The molecule has 1 aliphatic heterocycles. The Morgan fingerprint density at radius 3 is 2.44 bits per heavy atom. The van der Waals surface area contributed by atoms with Crippen LogP contribution in [0.15, 0.2) is 53.5 Å². The molecule has 0 bridgehead atoms. The van der Waals surface area contributed by atoms with Gasteiger partial charge in [0, 0.05) is 58.2 Å². The third-order valence-electron chi connectivity index (χ3n) is 5.06. The second kappa shape index (κ2) is 8.80. The molecule has 0 radical (unpaired) electrons. The molecule has 5 heteroatoms. The van der Waals surface area contributed by atoms with E-state index in [1.807, 2.05) is 7.05 Å². The summed E-state index contributed by atoms with van der Waals surface area (Å²) in [6, 6.07) is 17.8. The maximum atomic E-state index is 4.39. The van der Waals surface area contributed by atoms with Gasteiger partial charge < -0.3 is 20.4 Å². The number of aliphatic imine (C=N–C) groups is 1. The van der Waals surface area contributed by atoms with Crippen molar-refractivity contribution in [3.63, 3.8) is 0 Å². The van der Waals surface area contributed by atoms with E-state index in [1.54, 1.807) is 0 Å². The fourth-order valence-electron chi connectivity index (χ4n) is 3.35. The van der Waals surface area contributed by atoms with E-state index in [1.165, 1.54) is 22.5 Å². The van der Waals surface area contributed by atoms with Crippen LogP contribution >= 0.6 is 0 Å². The van der Waals surface area contributed by atoms with Gasteiger partial charge in [-0.2, -0.15) is 0 Å². The zero-order valence-corrected chi connectivity index (χ0v) is 16.9. The first kappa shape index (κ1) is 19.1. The van der Waals surface area contributed by atoms with Gasteiger partial charge in [0.1, 0.15) is 0 Å². The number of hydrogen-bond acceptors (Lipinski definition) is 3. The first-order valence-corrected chi connectivity index (χ1v) is 9.60. The average molecular weight is 366 g/mol. The first-order valence-electron chi connectivity index (χ1n) is 9.60. The van der Waals surface area contributed by atoms with Crippen LogP contribution in [0, 0.1) is 6.92 Å². The van der Waals surface area contributed by atoms with E-state index >= 15 is 0 Å². The number of nitrogens with one attached hydrogen (secondary N) is 2. The highest BCUT2D eigenvalue weighted by atomic mass is 15.2. The Balaban J connectivity index is 1.49. The highest BCUT2D eigenvalue weighted by Crippen LogP contribution is 2.20. The minimum Gasteiger partial charge on any atom is -0.378 e. The van der Waals surface area contributed by atoms with Crippen LogP contribution in [0.3, 0.4) is 0 Å². The Hall–Kier alpha value is -2.69. The van der Waals surface area contributed by atoms with E-state index in [0.717, 1.165) is 32.0 Å². The lowest BCUT2D eigenvalue weighted by Gasteiger charge is -2.20. The van der Waals surface area contributed by atoms with Crippen molar-refractivity contribution in [1.82, 2.24) is 10.6 Å². The smallest absolute Gasteiger partial charge is 0.191 e. The first-order chi connectivity index (χ1) is 13.0. The molecule has 1 heterocycles. The minimum absolute atomic E-state index is 0.411. The molecule has 0 spiro atoms. The molecule has 1 unspecified atom stereocenters. The van der Waals surface area contributed by atoms with Gasteiger partial charge in [0.15, 0.2) is 5.96 Å². The summed E-state index contributed by atoms with van der Waals surface area (Å²) in [7, 11) is 5.94. The van der Waals surface area contributed by atoms with E-state index in [4.69, 9.17) is 0 Å². The van der Waals surface area contributed by atoms with Crippen LogP contribution in [0.1, 0.15) is 17.5 Å². The van der Waals surface area contributed by atoms with Crippen LogP contribution in [-0.4, -0.2) is 46.2 Å². The third-order valence-corrected chi connectivity index (χ3v) is 5.06. The summed E-state index contributed by atoms with van der Waals surface area (Å²) in [5.74, 6) is 0.863. The fourth-order valence-corrected chi connectivity index (χ4v) is 3.35. The normalized spacial score (nSPS) is 17.1. The second-order valence-corrected chi connectivity index (χ2v) is 7.40. The highest BCUT2D eigenvalue weighted by Gasteiger charge is 2.23. The van der Waals surface area contributed by atoms with Gasteiger partial charge in [-0.1, -0.05) is 29.8 Å². The molecule has 0 amide bonds. The summed E-state index contributed by atoms with van der Waals surface area (Å²) in [6.07, 6.45) is 1.12. The Morgan fingerprint density at radius 1 is 1.11 bits per heavy atom. The van der Waals surface area contributed by atoms with E-state index in [-0.39, 0.29) is 0 Å². The van der Waals surface area contributed by atoms with Crippen LogP contribution in [0.25, 0.3) is 0 Å². The summed E-state index contributed by atoms with van der Waals surface area (Å²) in [5.41, 5.74) is 5.06. The molecule has 1 saturated heterocycles. The molecule has 1 fully saturated rings. The molecule has 5 nitrogen and oxygen atoms in total. The average Bonchev–Trinajstić information content (AvgIpc) is 3.14. The van der Waals surface area contributed by atoms with Gasteiger partial charge in [0.2, 0.25) is 0 Å². The van der Waals surface area contributed by atoms with Gasteiger partial charge in [-0.05, 0) is 43.2 Å². The summed E-state index contributed by atoms with van der Waals surface area (Å²) in [4.78, 5) is 8.93. The van der Waals surface area contributed by atoms with Crippen LogP contribution in [-0.2, 0) is 6.54 Å². The van der Waals surface area contributed by atoms with Gasteiger partial charge in [-0.3, -0.25) is 4.99 Å². The molecule has 3 rings (SSSR count). The Kier molecular flexibility index (Phi) is 6.22. The molecule has 2 aromatic carbocycles. The zero-order valence-electron chi connectivity index (χ0n) is 16.9. The summed E-state index contributed by atoms with van der Waals surface area (Å²) in [6.45, 7) is 4.97. The van der Waals surface area contributed by atoms with Crippen LogP contribution < -0.4 is 20.4 Å². The topological polar surface area (TPSA) is 42.9 Å². The Morgan fingerprint density at radius 2 is 1.81 bits per heavy atom. The van der Waals surface area contributed by atoms with Crippen molar-refractivity contribution in [1.29, 1.82) is 0 Å². The molecule has 0 aliphatic carbocycles. The van der Waals surface area contributed by atoms with Crippen molar-refractivity contribution in [2.45, 2.75) is 25.9 Å². The Labute approximate surface area is 163 Å². The maximum absolute atomic E-state index is 4.39. The monoisotopic (exact) mass is 365 g/mol. The molecular formula is C22H31N5. The number of rotatable bonds is 5. The lowest BCUT2D eigenvalue weighted by molar-refractivity contribution is 0.648. The standard InChI is InChI=1S/C22H31N5/c1-17-5-9-21(10-6-17)27-14-13-19(16-27)25-22(23-2)24-15-18-7-11-20(12-8-18)26(3)4/h5-12,19H,13-16H2,1-4H3,(H2,23,24,25). The fraction of sp³-hybridized carbons (Fsp3) is 0.409.